The van der Waals surface area contributed by atoms with Crippen molar-refractivity contribution in [3.63, 3.8) is 0 Å². The summed E-state index contributed by atoms with van der Waals surface area (Å²) in [6.07, 6.45) is 4.41. The second kappa shape index (κ2) is 5.71. The molecule has 0 aliphatic carbocycles. The van der Waals surface area contributed by atoms with E-state index in [2.05, 4.69) is 42.6 Å². The molecule has 2 heteroatoms. The van der Waals surface area contributed by atoms with Crippen molar-refractivity contribution in [3.05, 3.63) is 41.5 Å². The van der Waals surface area contributed by atoms with Gasteiger partial charge in [-0.15, -0.1) is 0 Å². The van der Waals surface area contributed by atoms with Crippen LogP contribution in [0.5, 0.6) is 5.75 Å². The van der Waals surface area contributed by atoms with Gasteiger partial charge >= 0.3 is 0 Å². The minimum absolute atomic E-state index is 0.729. The molecule has 2 rings (SSSR count). The molecule has 0 bridgehead atoms. The molecule has 86 valence electrons. The first kappa shape index (κ1) is 11.2. The Kier molecular flexibility index (Phi) is 4.00. The van der Waals surface area contributed by atoms with Gasteiger partial charge in [0.05, 0.1) is 0 Å². The molecule has 1 aromatic carbocycles. The van der Waals surface area contributed by atoms with Crippen LogP contribution in [0.3, 0.4) is 0 Å². The predicted octanol–water partition coefficient (Wildman–Crippen LogP) is 2.55. The average molecular weight is 217 g/mol. The molecule has 0 aromatic heterocycles. The quantitative estimate of drug-likeness (QED) is 0.783. The van der Waals surface area contributed by atoms with Crippen LogP contribution in [0.25, 0.3) is 0 Å². The molecule has 16 heavy (non-hydrogen) atoms. The Balaban J connectivity index is 1.86. The van der Waals surface area contributed by atoms with Gasteiger partial charge in [0.15, 0.2) is 0 Å². The van der Waals surface area contributed by atoms with Gasteiger partial charge in [-0.2, -0.15) is 0 Å². The lowest BCUT2D eigenvalue weighted by molar-refractivity contribution is 0.344. The van der Waals surface area contributed by atoms with Gasteiger partial charge in [-0.05, 0) is 42.7 Å². The molecule has 0 amide bonds. The van der Waals surface area contributed by atoms with E-state index in [-0.39, 0.29) is 0 Å². The van der Waals surface area contributed by atoms with Crippen molar-refractivity contribution in [2.45, 2.75) is 19.8 Å². The summed E-state index contributed by atoms with van der Waals surface area (Å²) >= 11 is 0. The number of hydrogen-bond donors (Lipinski definition) is 1. The van der Waals surface area contributed by atoms with E-state index in [1.807, 2.05) is 0 Å². The third-order valence-electron chi connectivity index (χ3n) is 2.91. The van der Waals surface area contributed by atoms with Crippen molar-refractivity contribution in [2.75, 3.05) is 19.7 Å². The van der Waals surface area contributed by atoms with Crippen molar-refractivity contribution in [1.29, 1.82) is 0 Å². The minimum Gasteiger partial charge on any atom is -0.489 e. The first-order chi connectivity index (χ1) is 7.88. The summed E-state index contributed by atoms with van der Waals surface area (Å²) in [7, 11) is 0. The van der Waals surface area contributed by atoms with E-state index in [1.54, 1.807) is 0 Å². The van der Waals surface area contributed by atoms with Crippen LogP contribution in [-0.4, -0.2) is 19.7 Å². The Bertz CT molecular complexity index is 354. The maximum atomic E-state index is 5.75. The highest BCUT2D eigenvalue weighted by molar-refractivity contribution is 5.27. The van der Waals surface area contributed by atoms with Crippen LogP contribution in [0.1, 0.15) is 18.9 Å². The minimum atomic E-state index is 0.729. The Morgan fingerprint density at radius 2 is 2.06 bits per heavy atom. The maximum Gasteiger partial charge on any atom is 0.119 e. The van der Waals surface area contributed by atoms with Gasteiger partial charge in [-0.1, -0.05) is 25.1 Å². The highest BCUT2D eigenvalue weighted by atomic mass is 16.5. The molecule has 0 fully saturated rings. The summed E-state index contributed by atoms with van der Waals surface area (Å²) in [6, 6.07) is 8.37. The molecule has 1 N–H and O–H groups in total. The number of benzene rings is 1. The maximum absolute atomic E-state index is 5.75. The fraction of sp³-hybridized carbons (Fsp3) is 0.429. The highest BCUT2D eigenvalue weighted by Crippen LogP contribution is 2.14. The van der Waals surface area contributed by atoms with Gasteiger partial charge < -0.3 is 10.1 Å². The van der Waals surface area contributed by atoms with Crippen LogP contribution in [0, 0.1) is 0 Å². The molecule has 0 atom stereocenters. The molecule has 1 aliphatic rings. The summed E-state index contributed by atoms with van der Waals surface area (Å²) < 4.78 is 5.75. The zero-order valence-corrected chi connectivity index (χ0v) is 9.83. The average Bonchev–Trinajstić information content (AvgIpc) is 2.38. The van der Waals surface area contributed by atoms with Crippen molar-refractivity contribution >= 4 is 0 Å². The number of nitrogens with one attached hydrogen (secondary N) is 1. The van der Waals surface area contributed by atoms with E-state index in [4.69, 9.17) is 4.74 Å². The van der Waals surface area contributed by atoms with E-state index < -0.39 is 0 Å². The molecule has 1 heterocycles. The zero-order valence-electron chi connectivity index (χ0n) is 9.83. The van der Waals surface area contributed by atoms with E-state index in [1.165, 1.54) is 11.1 Å². The topological polar surface area (TPSA) is 21.3 Å². The fourth-order valence-electron chi connectivity index (χ4n) is 1.80. The summed E-state index contributed by atoms with van der Waals surface area (Å²) in [5.74, 6) is 0.969. The molecular formula is C14H19NO. The van der Waals surface area contributed by atoms with E-state index >= 15 is 0 Å². The van der Waals surface area contributed by atoms with E-state index in [9.17, 15) is 0 Å². The SMILES string of the molecule is CCc1ccc(OCC2=CCNCC2)cc1. The Labute approximate surface area is 97.3 Å². The molecular weight excluding hydrogens is 198 g/mol. The molecule has 0 spiro atoms. The van der Waals surface area contributed by atoms with Crippen LogP contribution in [0.4, 0.5) is 0 Å². The van der Waals surface area contributed by atoms with Gasteiger partial charge in [0.25, 0.3) is 0 Å². The molecule has 0 saturated heterocycles. The first-order valence-corrected chi connectivity index (χ1v) is 5.99. The summed E-state index contributed by atoms with van der Waals surface area (Å²) in [5.41, 5.74) is 2.76. The summed E-state index contributed by atoms with van der Waals surface area (Å²) in [6.45, 7) is 4.94. The smallest absolute Gasteiger partial charge is 0.119 e. The van der Waals surface area contributed by atoms with Gasteiger partial charge in [0, 0.05) is 6.54 Å². The monoisotopic (exact) mass is 217 g/mol. The summed E-state index contributed by atoms with van der Waals surface area (Å²) in [4.78, 5) is 0. The van der Waals surface area contributed by atoms with Crippen molar-refractivity contribution in [3.8, 4) is 5.75 Å². The summed E-state index contributed by atoms with van der Waals surface area (Å²) in [5, 5.41) is 3.30. The lowest BCUT2D eigenvalue weighted by Gasteiger charge is -2.14. The first-order valence-electron chi connectivity index (χ1n) is 5.99. The molecule has 1 aromatic rings. The van der Waals surface area contributed by atoms with Gasteiger partial charge in [0.2, 0.25) is 0 Å². The largest absolute Gasteiger partial charge is 0.489 e. The van der Waals surface area contributed by atoms with Crippen molar-refractivity contribution in [1.82, 2.24) is 5.32 Å². The van der Waals surface area contributed by atoms with Crippen LogP contribution in [0.2, 0.25) is 0 Å². The van der Waals surface area contributed by atoms with Crippen LogP contribution < -0.4 is 10.1 Å². The van der Waals surface area contributed by atoms with Crippen LogP contribution >= 0.6 is 0 Å². The Morgan fingerprint density at radius 3 is 2.69 bits per heavy atom. The second-order valence-corrected chi connectivity index (χ2v) is 4.10. The molecule has 0 radical (unpaired) electrons. The fourth-order valence-corrected chi connectivity index (χ4v) is 1.80. The molecule has 2 nitrogen and oxygen atoms in total. The highest BCUT2D eigenvalue weighted by Gasteiger charge is 2.03. The van der Waals surface area contributed by atoms with E-state index in [0.717, 1.165) is 38.3 Å². The third-order valence-corrected chi connectivity index (χ3v) is 2.91. The number of ether oxygens (including phenoxy) is 1. The Hall–Kier alpha value is -1.28. The number of aryl methyl sites for hydroxylation is 1. The zero-order chi connectivity index (χ0) is 11.2. The lowest BCUT2D eigenvalue weighted by Crippen LogP contribution is -2.22. The van der Waals surface area contributed by atoms with Crippen molar-refractivity contribution in [2.24, 2.45) is 0 Å². The van der Waals surface area contributed by atoms with Gasteiger partial charge in [0.1, 0.15) is 12.4 Å². The third kappa shape index (κ3) is 3.11. The standard InChI is InChI=1S/C14H19NO/c1-2-12-3-5-14(6-4-12)16-11-13-7-9-15-10-8-13/h3-7,15H,2,8-11H2,1H3. The van der Waals surface area contributed by atoms with E-state index in [0.29, 0.717) is 0 Å². The van der Waals surface area contributed by atoms with Gasteiger partial charge in [-0.25, -0.2) is 0 Å². The second-order valence-electron chi connectivity index (χ2n) is 4.10. The van der Waals surface area contributed by atoms with Crippen LogP contribution in [-0.2, 0) is 6.42 Å². The molecule has 0 saturated carbocycles. The lowest BCUT2D eigenvalue weighted by atomic mass is 10.1. The van der Waals surface area contributed by atoms with Gasteiger partial charge in [-0.3, -0.25) is 0 Å². The van der Waals surface area contributed by atoms with Crippen molar-refractivity contribution < 1.29 is 4.74 Å². The van der Waals surface area contributed by atoms with Crippen LogP contribution in [0.15, 0.2) is 35.9 Å². The number of hydrogen-bond acceptors (Lipinski definition) is 2. The number of rotatable bonds is 4. The molecule has 1 aliphatic heterocycles. The Morgan fingerprint density at radius 1 is 1.25 bits per heavy atom. The predicted molar refractivity (Wildman–Crippen MR) is 66.9 cm³/mol. The normalized spacial score (nSPS) is 15.7. The molecule has 0 unspecified atom stereocenters.